The first-order valence-corrected chi connectivity index (χ1v) is 6.80. The third kappa shape index (κ3) is 3.28. The summed E-state index contributed by atoms with van der Waals surface area (Å²) in [5.41, 5.74) is 1.24. The highest BCUT2D eigenvalue weighted by atomic mass is 79.9. The maximum atomic E-state index is 12.5. The molecule has 0 saturated heterocycles. The van der Waals surface area contributed by atoms with E-state index in [0.717, 1.165) is 17.8 Å². The first kappa shape index (κ1) is 14.3. The molecule has 2 aromatic rings. The van der Waals surface area contributed by atoms with Gasteiger partial charge in [0.1, 0.15) is 0 Å². The lowest BCUT2D eigenvalue weighted by molar-refractivity contribution is -0.137. The maximum Gasteiger partial charge on any atom is 0.417 e. The van der Waals surface area contributed by atoms with Gasteiger partial charge in [0.2, 0.25) is 0 Å². The van der Waals surface area contributed by atoms with Crippen LogP contribution in [0.3, 0.4) is 0 Å². The SMILES string of the molecule is FC(F)(F)c1cnc(-c2ccc(CBr)cc2)c(Cl)c1. The Labute approximate surface area is 121 Å². The van der Waals surface area contributed by atoms with Gasteiger partial charge in [-0.05, 0) is 11.6 Å². The third-order valence-electron chi connectivity index (χ3n) is 2.55. The van der Waals surface area contributed by atoms with E-state index in [1.54, 1.807) is 12.1 Å². The van der Waals surface area contributed by atoms with Gasteiger partial charge in [-0.3, -0.25) is 4.98 Å². The van der Waals surface area contributed by atoms with Crippen LogP contribution in [0, 0.1) is 0 Å². The predicted octanol–water partition coefficient (Wildman–Crippen LogP) is 5.32. The summed E-state index contributed by atoms with van der Waals surface area (Å²) in [5.74, 6) is 0. The Morgan fingerprint density at radius 1 is 1.16 bits per heavy atom. The van der Waals surface area contributed by atoms with E-state index in [2.05, 4.69) is 20.9 Å². The quantitative estimate of drug-likeness (QED) is 0.668. The van der Waals surface area contributed by atoms with Crippen molar-refractivity contribution in [3.8, 4) is 11.3 Å². The Balaban J connectivity index is 2.40. The molecular formula is C13H8BrClF3N. The molecule has 0 saturated carbocycles. The molecule has 0 aliphatic heterocycles. The van der Waals surface area contributed by atoms with Crippen LogP contribution in [0.2, 0.25) is 5.02 Å². The van der Waals surface area contributed by atoms with Gasteiger partial charge >= 0.3 is 6.18 Å². The topological polar surface area (TPSA) is 12.9 Å². The van der Waals surface area contributed by atoms with Gasteiger partial charge in [0.15, 0.2) is 0 Å². The summed E-state index contributed by atoms with van der Waals surface area (Å²) in [4.78, 5) is 3.81. The fraction of sp³-hybridized carbons (Fsp3) is 0.154. The largest absolute Gasteiger partial charge is 0.417 e. The zero-order valence-corrected chi connectivity index (χ0v) is 11.9. The zero-order chi connectivity index (χ0) is 14.0. The smallest absolute Gasteiger partial charge is 0.254 e. The van der Waals surface area contributed by atoms with Gasteiger partial charge in [-0.2, -0.15) is 13.2 Å². The van der Waals surface area contributed by atoms with Crippen molar-refractivity contribution in [3.05, 3.63) is 52.7 Å². The van der Waals surface area contributed by atoms with E-state index < -0.39 is 11.7 Å². The fourth-order valence-electron chi connectivity index (χ4n) is 1.56. The van der Waals surface area contributed by atoms with Crippen LogP contribution in [0.4, 0.5) is 13.2 Å². The van der Waals surface area contributed by atoms with E-state index in [4.69, 9.17) is 11.6 Å². The molecule has 0 radical (unpaired) electrons. The van der Waals surface area contributed by atoms with Gasteiger partial charge in [-0.1, -0.05) is 51.8 Å². The summed E-state index contributed by atoms with van der Waals surface area (Å²) < 4.78 is 37.5. The number of pyridine rings is 1. The van der Waals surface area contributed by atoms with E-state index >= 15 is 0 Å². The molecule has 6 heteroatoms. The van der Waals surface area contributed by atoms with Gasteiger partial charge < -0.3 is 0 Å². The summed E-state index contributed by atoms with van der Waals surface area (Å²) in [7, 11) is 0. The molecule has 100 valence electrons. The van der Waals surface area contributed by atoms with Gasteiger partial charge in [-0.15, -0.1) is 0 Å². The van der Waals surface area contributed by atoms with Crippen molar-refractivity contribution in [2.24, 2.45) is 0 Å². The van der Waals surface area contributed by atoms with Crippen LogP contribution >= 0.6 is 27.5 Å². The molecule has 0 spiro atoms. The number of hydrogen-bond acceptors (Lipinski definition) is 1. The monoisotopic (exact) mass is 349 g/mol. The minimum absolute atomic E-state index is 0.0126. The molecule has 0 fully saturated rings. The lowest BCUT2D eigenvalue weighted by Crippen LogP contribution is -2.05. The van der Waals surface area contributed by atoms with Crippen LogP contribution in [0.5, 0.6) is 0 Å². The van der Waals surface area contributed by atoms with Crippen molar-refractivity contribution in [2.75, 3.05) is 0 Å². The molecule has 1 nitrogen and oxygen atoms in total. The van der Waals surface area contributed by atoms with Crippen LogP contribution in [0.25, 0.3) is 11.3 Å². The van der Waals surface area contributed by atoms with Crippen LogP contribution in [0.1, 0.15) is 11.1 Å². The Kier molecular flexibility index (Phi) is 4.16. The minimum atomic E-state index is -4.44. The molecule has 19 heavy (non-hydrogen) atoms. The van der Waals surface area contributed by atoms with Crippen molar-refractivity contribution in [1.82, 2.24) is 4.98 Å². The van der Waals surface area contributed by atoms with E-state index in [9.17, 15) is 13.2 Å². The first-order chi connectivity index (χ1) is 8.91. The summed E-state index contributed by atoms with van der Waals surface area (Å²) in [5, 5.41) is 0.697. The Bertz CT molecular complexity index is 581. The Hall–Kier alpha value is -1.07. The minimum Gasteiger partial charge on any atom is -0.254 e. The van der Waals surface area contributed by atoms with Crippen LogP contribution in [-0.2, 0) is 11.5 Å². The number of aromatic nitrogens is 1. The second-order valence-electron chi connectivity index (χ2n) is 3.88. The number of nitrogens with zero attached hydrogens (tertiary/aromatic N) is 1. The lowest BCUT2D eigenvalue weighted by atomic mass is 10.1. The highest BCUT2D eigenvalue weighted by Gasteiger charge is 2.31. The average Bonchev–Trinajstić information content (AvgIpc) is 2.38. The summed E-state index contributed by atoms with van der Waals surface area (Å²) in [6.07, 6.45) is -3.64. The van der Waals surface area contributed by atoms with Gasteiger partial charge in [0, 0.05) is 17.1 Å². The normalized spacial score (nSPS) is 11.6. The number of halogens is 5. The summed E-state index contributed by atoms with van der Waals surface area (Å²) in [6.45, 7) is 0. The van der Waals surface area contributed by atoms with Gasteiger partial charge in [-0.25, -0.2) is 0 Å². The van der Waals surface area contributed by atoms with E-state index in [-0.39, 0.29) is 5.02 Å². The van der Waals surface area contributed by atoms with Gasteiger partial charge in [0.25, 0.3) is 0 Å². The van der Waals surface area contributed by atoms with Crippen molar-refractivity contribution in [1.29, 1.82) is 0 Å². The number of rotatable bonds is 2. The number of alkyl halides is 4. The zero-order valence-electron chi connectivity index (χ0n) is 9.51. The Morgan fingerprint density at radius 3 is 2.26 bits per heavy atom. The molecule has 0 bridgehead atoms. The van der Waals surface area contributed by atoms with Gasteiger partial charge in [0.05, 0.1) is 16.3 Å². The molecule has 1 aromatic heterocycles. The molecule has 0 aliphatic rings. The van der Waals surface area contributed by atoms with Crippen LogP contribution in [-0.4, -0.2) is 4.98 Å². The molecule has 2 rings (SSSR count). The standard InChI is InChI=1S/C13H8BrClF3N/c14-6-8-1-3-9(4-2-8)12-11(15)5-10(7-19-12)13(16,17)18/h1-5,7H,6H2. The highest BCUT2D eigenvalue weighted by molar-refractivity contribution is 9.08. The molecule has 0 unspecified atom stereocenters. The number of hydrogen-bond donors (Lipinski definition) is 0. The van der Waals surface area contributed by atoms with Crippen molar-refractivity contribution in [2.45, 2.75) is 11.5 Å². The molecule has 0 amide bonds. The predicted molar refractivity (Wildman–Crippen MR) is 72.3 cm³/mol. The molecule has 0 atom stereocenters. The van der Waals surface area contributed by atoms with Crippen LogP contribution < -0.4 is 0 Å². The average molecular weight is 351 g/mol. The highest BCUT2D eigenvalue weighted by Crippen LogP contribution is 2.34. The molecule has 1 aromatic carbocycles. The lowest BCUT2D eigenvalue weighted by Gasteiger charge is -2.09. The van der Waals surface area contributed by atoms with Crippen molar-refractivity contribution < 1.29 is 13.2 Å². The second-order valence-corrected chi connectivity index (χ2v) is 4.85. The molecule has 1 heterocycles. The fourth-order valence-corrected chi connectivity index (χ4v) is 2.21. The second kappa shape index (κ2) is 5.51. The van der Waals surface area contributed by atoms with Crippen molar-refractivity contribution >= 4 is 27.5 Å². The van der Waals surface area contributed by atoms with Crippen molar-refractivity contribution in [3.63, 3.8) is 0 Å². The molecule has 0 aliphatic carbocycles. The molecular weight excluding hydrogens is 343 g/mol. The number of benzene rings is 1. The Morgan fingerprint density at radius 2 is 1.79 bits per heavy atom. The molecule has 0 N–H and O–H groups in total. The third-order valence-corrected chi connectivity index (χ3v) is 3.49. The van der Waals surface area contributed by atoms with Crippen LogP contribution in [0.15, 0.2) is 36.5 Å². The summed E-state index contributed by atoms with van der Waals surface area (Å²) >= 11 is 9.19. The van der Waals surface area contributed by atoms with E-state index in [1.807, 2.05) is 12.1 Å². The van der Waals surface area contributed by atoms with E-state index in [1.165, 1.54) is 0 Å². The first-order valence-electron chi connectivity index (χ1n) is 5.30. The maximum absolute atomic E-state index is 12.5. The van der Waals surface area contributed by atoms with E-state index in [0.29, 0.717) is 16.6 Å². The summed E-state index contributed by atoms with van der Waals surface area (Å²) in [6, 6.07) is 8.16.